The molecule has 0 aromatic heterocycles. The molecular weight excluding hydrogens is 172 g/mol. The summed E-state index contributed by atoms with van der Waals surface area (Å²) in [6.45, 7) is 4.31. The first-order valence-electron chi connectivity index (χ1n) is 4.72. The summed E-state index contributed by atoms with van der Waals surface area (Å²) >= 11 is -1.84. The second-order valence-electron chi connectivity index (χ2n) is 3.40. The minimum absolute atomic E-state index is 0.327. The molecule has 0 aliphatic heterocycles. The van der Waals surface area contributed by atoms with Crippen molar-refractivity contribution < 1.29 is 8.76 Å². The molecule has 2 nitrogen and oxygen atoms in total. The molecule has 3 heteroatoms. The van der Waals surface area contributed by atoms with E-state index in [1.807, 2.05) is 0 Å². The molecule has 0 fully saturated rings. The van der Waals surface area contributed by atoms with E-state index in [0.717, 1.165) is 6.42 Å². The van der Waals surface area contributed by atoms with E-state index >= 15 is 0 Å². The highest BCUT2D eigenvalue weighted by Gasteiger charge is 2.00. The van der Waals surface area contributed by atoms with Gasteiger partial charge in [0, 0.05) is 5.75 Å². The lowest BCUT2D eigenvalue weighted by molar-refractivity contribution is 0.472. The Morgan fingerprint density at radius 3 is 2.50 bits per heavy atom. The Kier molecular flexibility index (Phi) is 7.81. The predicted molar refractivity (Wildman–Crippen MR) is 51.7 cm³/mol. The van der Waals surface area contributed by atoms with Crippen LogP contribution < -0.4 is 0 Å². The first-order chi connectivity index (χ1) is 5.66. The van der Waals surface area contributed by atoms with E-state index in [1.165, 1.54) is 25.7 Å². The van der Waals surface area contributed by atoms with Crippen LogP contribution in [0.5, 0.6) is 0 Å². The Labute approximate surface area is 78.0 Å². The topological polar surface area (TPSA) is 40.1 Å². The van der Waals surface area contributed by atoms with E-state index in [1.54, 1.807) is 0 Å². The van der Waals surface area contributed by atoms with Crippen molar-refractivity contribution in [2.24, 2.45) is 5.92 Å². The van der Waals surface area contributed by atoms with Gasteiger partial charge in [-0.3, -0.25) is 4.21 Å². The quantitative estimate of drug-likeness (QED) is 0.458. The van der Waals surface area contributed by atoms with Crippen LogP contribution in [0.25, 0.3) is 0 Å². The number of hydrogen-bond donors (Lipinski definition) is 0. The molecule has 0 spiro atoms. The molecule has 0 bridgehead atoms. The molecule has 0 aliphatic carbocycles. The molecule has 74 valence electrons. The van der Waals surface area contributed by atoms with Gasteiger partial charge in [-0.25, -0.2) is 0 Å². The Hall–Kier alpha value is 0.110. The average molecular weight is 191 g/mol. The highest BCUT2D eigenvalue weighted by Crippen LogP contribution is 2.12. The molecule has 0 saturated carbocycles. The number of hydrogen-bond acceptors (Lipinski definition) is 2. The Morgan fingerprint density at radius 2 is 2.00 bits per heavy atom. The monoisotopic (exact) mass is 191 g/mol. The van der Waals surface area contributed by atoms with Crippen LogP contribution in [0.1, 0.15) is 46.0 Å². The van der Waals surface area contributed by atoms with Gasteiger partial charge in [-0.2, -0.15) is 0 Å². The third kappa shape index (κ3) is 8.21. The largest absolute Gasteiger partial charge is 0.772 e. The molecule has 12 heavy (non-hydrogen) atoms. The van der Waals surface area contributed by atoms with Crippen LogP contribution in [-0.2, 0) is 11.1 Å². The summed E-state index contributed by atoms with van der Waals surface area (Å²) < 4.78 is 20.5. The van der Waals surface area contributed by atoms with Crippen molar-refractivity contribution in [3.05, 3.63) is 0 Å². The summed E-state index contributed by atoms with van der Waals surface area (Å²) in [5.41, 5.74) is 0. The molecule has 0 saturated heterocycles. The van der Waals surface area contributed by atoms with Gasteiger partial charge in [-0.05, 0) is 12.3 Å². The zero-order valence-corrected chi connectivity index (χ0v) is 8.86. The standard InChI is InChI=1S/C9H20O2S/c1-3-4-5-6-9(2)7-8-12(10)11/h9H,3-8H2,1-2H3,(H,10,11)/p-1. The lowest BCUT2D eigenvalue weighted by atomic mass is 10.0. The molecule has 0 rings (SSSR count). The van der Waals surface area contributed by atoms with Gasteiger partial charge in [0.15, 0.2) is 0 Å². The number of unbranched alkanes of at least 4 members (excludes halogenated alkanes) is 2. The second-order valence-corrected chi connectivity index (χ2v) is 4.41. The van der Waals surface area contributed by atoms with E-state index in [2.05, 4.69) is 13.8 Å². The fourth-order valence-electron chi connectivity index (χ4n) is 1.18. The van der Waals surface area contributed by atoms with Gasteiger partial charge >= 0.3 is 0 Å². The van der Waals surface area contributed by atoms with E-state index in [-0.39, 0.29) is 0 Å². The normalized spacial score (nSPS) is 15.9. The Balaban J connectivity index is 3.21. The van der Waals surface area contributed by atoms with E-state index in [0.29, 0.717) is 11.7 Å². The third-order valence-electron chi connectivity index (χ3n) is 2.08. The van der Waals surface area contributed by atoms with Crippen molar-refractivity contribution in [1.29, 1.82) is 0 Å². The van der Waals surface area contributed by atoms with Crippen LogP contribution >= 0.6 is 0 Å². The van der Waals surface area contributed by atoms with E-state index in [4.69, 9.17) is 0 Å². The lowest BCUT2D eigenvalue weighted by Crippen LogP contribution is -2.02. The maximum absolute atomic E-state index is 10.2. The zero-order chi connectivity index (χ0) is 9.40. The molecular formula is C9H19O2S-. The van der Waals surface area contributed by atoms with Gasteiger partial charge in [0.1, 0.15) is 0 Å². The molecule has 2 unspecified atom stereocenters. The SMILES string of the molecule is CCCCCC(C)CCS(=O)[O-]. The molecule has 0 N–H and O–H groups in total. The first-order valence-corrected chi connectivity index (χ1v) is 5.97. The molecule has 0 aromatic rings. The van der Waals surface area contributed by atoms with Crippen LogP contribution in [0.2, 0.25) is 0 Å². The fraction of sp³-hybridized carbons (Fsp3) is 1.00. The summed E-state index contributed by atoms with van der Waals surface area (Å²) in [6.07, 6.45) is 5.74. The van der Waals surface area contributed by atoms with Crippen molar-refractivity contribution in [2.45, 2.75) is 46.0 Å². The van der Waals surface area contributed by atoms with Crippen LogP contribution in [-0.4, -0.2) is 14.5 Å². The summed E-state index contributed by atoms with van der Waals surface area (Å²) in [6, 6.07) is 0. The highest BCUT2D eigenvalue weighted by atomic mass is 32.2. The van der Waals surface area contributed by atoms with Gasteiger partial charge < -0.3 is 4.55 Å². The van der Waals surface area contributed by atoms with E-state index < -0.39 is 11.1 Å². The smallest absolute Gasteiger partial charge is 0.0104 e. The molecule has 0 aliphatic rings. The van der Waals surface area contributed by atoms with E-state index in [9.17, 15) is 8.76 Å². The Morgan fingerprint density at radius 1 is 1.33 bits per heavy atom. The Bertz CT molecular complexity index is 126. The molecule has 2 atom stereocenters. The summed E-state index contributed by atoms with van der Waals surface area (Å²) in [4.78, 5) is 0. The van der Waals surface area contributed by atoms with Crippen molar-refractivity contribution in [3.63, 3.8) is 0 Å². The lowest BCUT2D eigenvalue weighted by Gasteiger charge is -2.11. The van der Waals surface area contributed by atoms with Crippen molar-refractivity contribution in [2.75, 3.05) is 5.75 Å². The van der Waals surface area contributed by atoms with Crippen molar-refractivity contribution in [3.8, 4) is 0 Å². The summed E-state index contributed by atoms with van der Waals surface area (Å²) in [5, 5.41) is 0. The van der Waals surface area contributed by atoms with Crippen molar-refractivity contribution in [1.82, 2.24) is 0 Å². The third-order valence-corrected chi connectivity index (χ3v) is 2.65. The first kappa shape index (κ1) is 12.1. The highest BCUT2D eigenvalue weighted by molar-refractivity contribution is 7.79. The van der Waals surface area contributed by atoms with Gasteiger partial charge in [-0.1, -0.05) is 50.6 Å². The van der Waals surface area contributed by atoms with Crippen LogP contribution in [0.3, 0.4) is 0 Å². The second kappa shape index (κ2) is 7.74. The summed E-state index contributed by atoms with van der Waals surface area (Å²) in [7, 11) is 0. The minimum atomic E-state index is -1.84. The minimum Gasteiger partial charge on any atom is -0.772 e. The van der Waals surface area contributed by atoms with Crippen LogP contribution in [0, 0.1) is 5.92 Å². The zero-order valence-electron chi connectivity index (χ0n) is 8.04. The van der Waals surface area contributed by atoms with Gasteiger partial charge in [-0.15, -0.1) is 0 Å². The maximum atomic E-state index is 10.2. The van der Waals surface area contributed by atoms with Crippen LogP contribution in [0.4, 0.5) is 0 Å². The number of rotatable bonds is 7. The summed E-state index contributed by atoms with van der Waals surface area (Å²) in [5.74, 6) is 0.891. The van der Waals surface area contributed by atoms with Gasteiger partial charge in [0.2, 0.25) is 0 Å². The van der Waals surface area contributed by atoms with Crippen molar-refractivity contribution >= 4 is 11.1 Å². The average Bonchev–Trinajstić information content (AvgIpc) is 2.01. The molecule has 0 radical (unpaired) electrons. The van der Waals surface area contributed by atoms with Gasteiger partial charge in [0.25, 0.3) is 0 Å². The maximum Gasteiger partial charge on any atom is 0.0104 e. The molecule has 0 aromatic carbocycles. The van der Waals surface area contributed by atoms with Gasteiger partial charge in [0.05, 0.1) is 0 Å². The predicted octanol–water partition coefficient (Wildman–Crippen LogP) is 2.47. The molecule has 0 heterocycles. The fourth-order valence-corrected chi connectivity index (χ4v) is 1.78. The van der Waals surface area contributed by atoms with Crippen LogP contribution in [0.15, 0.2) is 0 Å². The molecule has 0 amide bonds.